The Kier molecular flexibility index (Phi) is 4.83. The average molecular weight is 443 g/mol. The number of primary amides is 1. The number of hydrogen-bond donors (Lipinski definition) is 2. The monoisotopic (exact) mass is 443 g/mol. The van der Waals surface area contributed by atoms with Crippen LogP contribution in [0.25, 0.3) is 16.9 Å². The van der Waals surface area contributed by atoms with Crippen LogP contribution in [0.2, 0.25) is 0 Å². The lowest BCUT2D eigenvalue weighted by molar-refractivity contribution is -0.129. The molecule has 1 aliphatic rings. The predicted octanol–water partition coefficient (Wildman–Crippen LogP) is 2.92. The molecule has 3 heterocycles. The summed E-state index contributed by atoms with van der Waals surface area (Å²) in [6.07, 6.45) is 6.85. The third-order valence-corrected chi connectivity index (χ3v) is 5.65. The molecule has 1 saturated heterocycles. The van der Waals surface area contributed by atoms with Gasteiger partial charge in [0.05, 0.1) is 11.9 Å². The highest BCUT2D eigenvalue weighted by Crippen LogP contribution is 2.33. The van der Waals surface area contributed by atoms with E-state index in [1.54, 1.807) is 35.4 Å². The first-order valence-electron chi connectivity index (χ1n) is 10.1. The number of aromatic nitrogens is 3. The standard InChI is InChI=1S/C24H18FN5O3/c1-2-20(31)29-12-15(13-29)19-11-27-30-22(23(26)32)21(28-24(19)30)14-3-7-17(8-4-14)33-18-9-5-16(25)6-10-18/h1,3-11,15,28H,12-13H2,(H2,26,32). The molecule has 1 fully saturated rings. The third kappa shape index (κ3) is 3.57. The van der Waals surface area contributed by atoms with Crippen LogP contribution < -0.4 is 10.5 Å². The van der Waals surface area contributed by atoms with Gasteiger partial charge < -0.3 is 20.4 Å². The van der Waals surface area contributed by atoms with Crippen molar-refractivity contribution >= 4 is 17.5 Å². The quantitative estimate of drug-likeness (QED) is 0.463. The van der Waals surface area contributed by atoms with E-state index in [9.17, 15) is 14.0 Å². The Morgan fingerprint density at radius 2 is 1.76 bits per heavy atom. The van der Waals surface area contributed by atoms with Crippen molar-refractivity contribution in [3.8, 4) is 35.1 Å². The van der Waals surface area contributed by atoms with Gasteiger partial charge in [0.25, 0.3) is 11.8 Å². The maximum atomic E-state index is 13.1. The summed E-state index contributed by atoms with van der Waals surface area (Å²) in [5.74, 6) is 1.90. The number of nitrogens with zero attached hydrogens (tertiary/aromatic N) is 3. The van der Waals surface area contributed by atoms with E-state index >= 15 is 0 Å². The van der Waals surface area contributed by atoms with Crippen molar-refractivity contribution < 1.29 is 18.7 Å². The summed E-state index contributed by atoms with van der Waals surface area (Å²) in [6.45, 7) is 0.972. The van der Waals surface area contributed by atoms with Gasteiger partial charge in [0.15, 0.2) is 5.69 Å². The number of hydrogen-bond acceptors (Lipinski definition) is 4. The lowest BCUT2D eigenvalue weighted by atomic mass is 9.93. The van der Waals surface area contributed by atoms with Gasteiger partial charge in [0, 0.05) is 30.1 Å². The molecule has 2 amide bonds. The Morgan fingerprint density at radius 3 is 2.36 bits per heavy atom. The number of ether oxygens (including phenoxy) is 1. The van der Waals surface area contributed by atoms with Gasteiger partial charge in [-0.1, -0.05) is 0 Å². The normalized spacial score (nSPS) is 13.5. The molecule has 4 aromatic rings. The second kappa shape index (κ2) is 7.84. The molecule has 0 unspecified atom stereocenters. The van der Waals surface area contributed by atoms with E-state index in [0.717, 1.165) is 5.56 Å². The lowest BCUT2D eigenvalue weighted by Gasteiger charge is -2.37. The number of carbonyl (C=O) groups is 2. The lowest BCUT2D eigenvalue weighted by Crippen LogP contribution is -2.47. The maximum Gasteiger partial charge on any atom is 0.298 e. The minimum absolute atomic E-state index is 0.0542. The minimum Gasteiger partial charge on any atom is -0.457 e. The van der Waals surface area contributed by atoms with Crippen LogP contribution in [0.15, 0.2) is 54.7 Å². The molecule has 1 aliphatic heterocycles. The zero-order chi connectivity index (χ0) is 23.1. The Hall–Kier alpha value is -4.58. The molecule has 5 rings (SSSR count). The fraction of sp³-hybridized carbons (Fsp3) is 0.125. The largest absolute Gasteiger partial charge is 0.457 e. The number of benzene rings is 2. The summed E-state index contributed by atoms with van der Waals surface area (Å²) in [6, 6.07) is 12.8. The Balaban J connectivity index is 1.44. The second-order valence-electron chi connectivity index (χ2n) is 7.70. The summed E-state index contributed by atoms with van der Waals surface area (Å²) < 4.78 is 20.3. The molecular weight excluding hydrogens is 425 g/mol. The van der Waals surface area contributed by atoms with Crippen LogP contribution in [0.5, 0.6) is 11.5 Å². The van der Waals surface area contributed by atoms with Crippen LogP contribution in [0.1, 0.15) is 22.0 Å². The van der Waals surface area contributed by atoms with Gasteiger partial charge in [-0.25, -0.2) is 8.91 Å². The van der Waals surface area contributed by atoms with Crippen molar-refractivity contribution in [1.82, 2.24) is 19.5 Å². The van der Waals surface area contributed by atoms with Crippen molar-refractivity contribution in [3.05, 3.63) is 71.8 Å². The van der Waals surface area contributed by atoms with Crippen LogP contribution in [0, 0.1) is 18.2 Å². The predicted molar refractivity (Wildman–Crippen MR) is 118 cm³/mol. The first kappa shape index (κ1) is 20.3. The van der Waals surface area contributed by atoms with Gasteiger partial charge in [-0.2, -0.15) is 5.10 Å². The molecule has 164 valence electrons. The fourth-order valence-corrected chi connectivity index (χ4v) is 3.94. The van der Waals surface area contributed by atoms with Gasteiger partial charge in [-0.05, 0) is 54.5 Å². The molecular formula is C24H18FN5O3. The van der Waals surface area contributed by atoms with Crippen LogP contribution in [-0.4, -0.2) is 44.4 Å². The van der Waals surface area contributed by atoms with Crippen LogP contribution in [-0.2, 0) is 4.79 Å². The molecule has 3 N–H and O–H groups in total. The molecule has 0 aliphatic carbocycles. The van der Waals surface area contributed by atoms with E-state index in [0.29, 0.717) is 41.5 Å². The molecule has 2 aromatic heterocycles. The molecule has 0 radical (unpaired) electrons. The summed E-state index contributed by atoms with van der Waals surface area (Å²) in [7, 11) is 0. The number of carbonyl (C=O) groups excluding carboxylic acids is 2. The van der Waals surface area contributed by atoms with E-state index in [1.165, 1.54) is 28.8 Å². The Labute approximate surface area is 187 Å². The number of imidazole rings is 1. The molecule has 0 spiro atoms. The highest BCUT2D eigenvalue weighted by molar-refractivity contribution is 5.98. The summed E-state index contributed by atoms with van der Waals surface area (Å²) in [5, 5.41) is 4.34. The van der Waals surface area contributed by atoms with Gasteiger partial charge >= 0.3 is 0 Å². The van der Waals surface area contributed by atoms with E-state index in [1.807, 2.05) is 0 Å². The van der Waals surface area contributed by atoms with Gasteiger partial charge in [0.2, 0.25) is 0 Å². The molecule has 8 nitrogen and oxygen atoms in total. The van der Waals surface area contributed by atoms with Crippen LogP contribution >= 0.6 is 0 Å². The molecule has 33 heavy (non-hydrogen) atoms. The number of fused-ring (bicyclic) bond motifs is 1. The number of nitrogens with one attached hydrogen (secondary N) is 1. The highest BCUT2D eigenvalue weighted by Gasteiger charge is 2.34. The van der Waals surface area contributed by atoms with Crippen molar-refractivity contribution in [1.29, 1.82) is 0 Å². The number of halogens is 1. The number of H-pyrrole nitrogens is 1. The van der Waals surface area contributed by atoms with E-state index in [2.05, 4.69) is 16.0 Å². The SMILES string of the molecule is C#CC(=O)N1CC(c2cnn3c(C(N)=O)c(-c4ccc(Oc5ccc(F)cc5)cc4)[nH]c23)C1. The first-order valence-corrected chi connectivity index (χ1v) is 10.1. The number of terminal acetylenes is 1. The molecule has 9 heteroatoms. The zero-order valence-electron chi connectivity index (χ0n) is 17.3. The zero-order valence-corrected chi connectivity index (χ0v) is 17.3. The third-order valence-electron chi connectivity index (χ3n) is 5.65. The van der Waals surface area contributed by atoms with Gasteiger partial charge in [-0.15, -0.1) is 6.42 Å². The molecule has 2 aromatic carbocycles. The van der Waals surface area contributed by atoms with Crippen LogP contribution in [0.4, 0.5) is 4.39 Å². The number of rotatable bonds is 5. The number of aromatic amines is 1. The van der Waals surface area contributed by atoms with E-state index < -0.39 is 5.91 Å². The first-order chi connectivity index (χ1) is 15.9. The maximum absolute atomic E-state index is 13.1. The van der Waals surface area contributed by atoms with Gasteiger partial charge in [-0.3, -0.25) is 9.59 Å². The summed E-state index contributed by atoms with van der Waals surface area (Å²) in [5.41, 5.74) is 8.64. The number of likely N-dealkylation sites (tertiary alicyclic amines) is 1. The van der Waals surface area contributed by atoms with Crippen molar-refractivity contribution in [2.75, 3.05) is 13.1 Å². The average Bonchev–Trinajstić information content (AvgIpc) is 3.34. The van der Waals surface area contributed by atoms with Crippen LogP contribution in [0.3, 0.4) is 0 Å². The molecule has 0 bridgehead atoms. The van der Waals surface area contributed by atoms with Crippen molar-refractivity contribution in [3.63, 3.8) is 0 Å². The smallest absolute Gasteiger partial charge is 0.298 e. The van der Waals surface area contributed by atoms with Crippen molar-refractivity contribution in [2.45, 2.75) is 5.92 Å². The highest BCUT2D eigenvalue weighted by atomic mass is 19.1. The summed E-state index contributed by atoms with van der Waals surface area (Å²) in [4.78, 5) is 28.7. The number of amides is 2. The fourth-order valence-electron chi connectivity index (χ4n) is 3.94. The number of nitrogens with two attached hydrogens (primary N) is 1. The van der Waals surface area contributed by atoms with E-state index in [4.69, 9.17) is 16.9 Å². The Bertz CT molecular complexity index is 1410. The minimum atomic E-state index is -0.629. The Morgan fingerprint density at radius 1 is 1.12 bits per heavy atom. The molecule has 0 atom stereocenters. The molecule has 0 saturated carbocycles. The van der Waals surface area contributed by atoms with E-state index in [-0.39, 0.29) is 23.3 Å². The van der Waals surface area contributed by atoms with Gasteiger partial charge in [0.1, 0.15) is 23.0 Å². The van der Waals surface area contributed by atoms with Crippen molar-refractivity contribution in [2.24, 2.45) is 5.73 Å². The summed E-state index contributed by atoms with van der Waals surface area (Å²) >= 11 is 0. The topological polar surface area (TPSA) is 106 Å². The second-order valence-corrected chi connectivity index (χ2v) is 7.70.